The van der Waals surface area contributed by atoms with E-state index in [-0.39, 0.29) is 0 Å². The molecule has 12 heavy (non-hydrogen) atoms. The summed E-state index contributed by atoms with van der Waals surface area (Å²) >= 11 is 0. The third kappa shape index (κ3) is 1.30. The first-order valence-corrected chi connectivity index (χ1v) is 3.79. The predicted octanol–water partition coefficient (Wildman–Crippen LogP) is 2.69. The third-order valence-corrected chi connectivity index (χ3v) is 1.79. The van der Waals surface area contributed by atoms with Gasteiger partial charge in [0.1, 0.15) is 0 Å². The molecule has 0 amide bonds. The second kappa shape index (κ2) is 3.34. The Bertz CT molecular complexity index is 321. The number of hydrogen-bond acceptors (Lipinski definition) is 2. The summed E-state index contributed by atoms with van der Waals surface area (Å²) in [7, 11) is 3.61. The molecule has 1 heterocycles. The number of aromatic nitrogens is 1. The highest BCUT2D eigenvalue weighted by atomic mass is 15.2. The number of nitrogens with zero attached hydrogens (tertiary/aromatic N) is 3. The maximum absolute atomic E-state index is 4.01. The van der Waals surface area contributed by atoms with Crippen molar-refractivity contribution in [3.8, 4) is 0 Å². The molecular formula is C9H13N3. The van der Waals surface area contributed by atoms with E-state index in [9.17, 15) is 0 Å². The van der Waals surface area contributed by atoms with Crippen LogP contribution in [0.4, 0.5) is 5.82 Å². The van der Waals surface area contributed by atoms with Gasteiger partial charge in [-0.3, -0.25) is 0 Å². The monoisotopic (exact) mass is 163 g/mol. The lowest BCUT2D eigenvalue weighted by atomic mass is 10.2. The summed E-state index contributed by atoms with van der Waals surface area (Å²) < 4.78 is 1.94. The molecule has 0 aliphatic heterocycles. The molecule has 0 saturated heterocycles. The lowest BCUT2D eigenvalue weighted by Gasteiger charge is -1.95. The number of azo groups is 1. The van der Waals surface area contributed by atoms with Gasteiger partial charge in [0.05, 0.1) is 0 Å². The summed E-state index contributed by atoms with van der Waals surface area (Å²) in [6.45, 7) is 5.77. The van der Waals surface area contributed by atoms with Crippen LogP contribution in [0.25, 0.3) is 6.08 Å². The van der Waals surface area contributed by atoms with Crippen molar-refractivity contribution in [2.45, 2.75) is 6.92 Å². The summed E-state index contributed by atoms with van der Waals surface area (Å²) in [6, 6.07) is 0. The van der Waals surface area contributed by atoms with Crippen molar-refractivity contribution in [1.29, 1.82) is 0 Å². The smallest absolute Gasteiger partial charge is 0.162 e. The Hall–Kier alpha value is -1.38. The quantitative estimate of drug-likeness (QED) is 0.600. The van der Waals surface area contributed by atoms with Crippen molar-refractivity contribution in [2.24, 2.45) is 17.3 Å². The zero-order chi connectivity index (χ0) is 9.14. The minimum Gasteiger partial charge on any atom is -0.334 e. The van der Waals surface area contributed by atoms with Crippen molar-refractivity contribution >= 4 is 11.9 Å². The molecule has 0 unspecified atom stereocenters. The van der Waals surface area contributed by atoms with Crippen molar-refractivity contribution in [1.82, 2.24) is 4.57 Å². The van der Waals surface area contributed by atoms with E-state index in [2.05, 4.69) is 16.8 Å². The Morgan fingerprint density at radius 1 is 1.58 bits per heavy atom. The summed E-state index contributed by atoms with van der Waals surface area (Å²) in [5.41, 5.74) is 2.23. The lowest BCUT2D eigenvalue weighted by molar-refractivity contribution is 0.902. The summed E-state index contributed by atoms with van der Waals surface area (Å²) in [5.74, 6) is 0.866. The van der Waals surface area contributed by atoms with Gasteiger partial charge in [0.25, 0.3) is 0 Å². The Labute approximate surface area is 72.4 Å². The first-order chi connectivity index (χ1) is 5.70. The van der Waals surface area contributed by atoms with Crippen LogP contribution in [0.15, 0.2) is 23.0 Å². The fraction of sp³-hybridized carbons (Fsp3) is 0.333. The topological polar surface area (TPSA) is 29.6 Å². The lowest BCUT2D eigenvalue weighted by Crippen LogP contribution is -1.82. The van der Waals surface area contributed by atoms with Crippen LogP contribution in [0.2, 0.25) is 0 Å². The SMILES string of the molecule is C=Cc1c(C)cn(C)c1N=NC. The van der Waals surface area contributed by atoms with E-state index in [1.807, 2.05) is 24.7 Å². The van der Waals surface area contributed by atoms with Crippen molar-refractivity contribution < 1.29 is 0 Å². The first kappa shape index (κ1) is 8.71. The normalized spacial score (nSPS) is 10.9. The molecule has 1 rings (SSSR count). The number of aryl methyl sites for hydroxylation is 2. The number of rotatable bonds is 2. The molecule has 0 saturated carbocycles. The van der Waals surface area contributed by atoms with Gasteiger partial charge in [-0.15, -0.1) is 5.11 Å². The molecule has 0 atom stereocenters. The molecule has 0 aliphatic rings. The van der Waals surface area contributed by atoms with Crippen LogP contribution in [0.5, 0.6) is 0 Å². The molecule has 0 aliphatic carbocycles. The van der Waals surface area contributed by atoms with E-state index in [1.165, 1.54) is 5.56 Å². The van der Waals surface area contributed by atoms with E-state index in [4.69, 9.17) is 0 Å². The molecule has 1 aromatic rings. The third-order valence-electron chi connectivity index (χ3n) is 1.79. The standard InChI is InChI=1S/C9H13N3/c1-5-8-7(2)6-12(4)9(8)11-10-3/h5-6H,1H2,2-4H3. The van der Waals surface area contributed by atoms with Crippen molar-refractivity contribution in [3.63, 3.8) is 0 Å². The molecule has 0 spiro atoms. The summed E-state index contributed by atoms with van der Waals surface area (Å²) in [6.07, 6.45) is 3.82. The Balaban J connectivity index is 3.31. The molecule has 0 radical (unpaired) electrons. The van der Waals surface area contributed by atoms with Gasteiger partial charge in [0.2, 0.25) is 0 Å². The molecule has 3 heteroatoms. The molecule has 0 aromatic carbocycles. The first-order valence-electron chi connectivity index (χ1n) is 3.79. The average Bonchev–Trinajstić information content (AvgIpc) is 2.28. The second-order valence-electron chi connectivity index (χ2n) is 2.66. The van der Waals surface area contributed by atoms with Crippen LogP contribution in [-0.2, 0) is 7.05 Å². The molecule has 64 valence electrons. The van der Waals surface area contributed by atoms with Crippen LogP contribution in [-0.4, -0.2) is 11.6 Å². The van der Waals surface area contributed by atoms with Gasteiger partial charge in [-0.2, -0.15) is 5.11 Å². The Morgan fingerprint density at radius 3 is 2.75 bits per heavy atom. The van der Waals surface area contributed by atoms with Gasteiger partial charge in [0.15, 0.2) is 5.82 Å². The minimum absolute atomic E-state index is 0.866. The molecule has 0 bridgehead atoms. The molecule has 0 fully saturated rings. The van der Waals surface area contributed by atoms with E-state index >= 15 is 0 Å². The molecule has 1 aromatic heterocycles. The van der Waals surface area contributed by atoms with Crippen molar-refractivity contribution in [3.05, 3.63) is 23.9 Å². The highest BCUT2D eigenvalue weighted by Crippen LogP contribution is 2.25. The van der Waals surface area contributed by atoms with Gasteiger partial charge in [-0.1, -0.05) is 12.7 Å². The van der Waals surface area contributed by atoms with Gasteiger partial charge < -0.3 is 4.57 Å². The summed E-state index contributed by atoms with van der Waals surface area (Å²) in [5, 5.41) is 7.76. The predicted molar refractivity (Wildman–Crippen MR) is 50.7 cm³/mol. The van der Waals surface area contributed by atoms with Crippen LogP contribution in [0.3, 0.4) is 0 Å². The van der Waals surface area contributed by atoms with E-state index in [1.54, 1.807) is 13.1 Å². The maximum atomic E-state index is 4.01. The Kier molecular flexibility index (Phi) is 2.43. The second-order valence-corrected chi connectivity index (χ2v) is 2.66. The van der Waals surface area contributed by atoms with Crippen LogP contribution in [0, 0.1) is 6.92 Å². The zero-order valence-corrected chi connectivity index (χ0v) is 7.70. The van der Waals surface area contributed by atoms with Crippen LogP contribution < -0.4 is 0 Å². The molecular weight excluding hydrogens is 150 g/mol. The van der Waals surface area contributed by atoms with Gasteiger partial charge in [-0.05, 0) is 12.5 Å². The number of hydrogen-bond donors (Lipinski definition) is 0. The van der Waals surface area contributed by atoms with Gasteiger partial charge in [0, 0.05) is 25.9 Å². The maximum Gasteiger partial charge on any atom is 0.162 e. The molecule has 0 N–H and O–H groups in total. The van der Waals surface area contributed by atoms with Gasteiger partial charge in [-0.25, -0.2) is 0 Å². The van der Waals surface area contributed by atoms with E-state index in [0.29, 0.717) is 0 Å². The van der Waals surface area contributed by atoms with Crippen LogP contribution >= 0.6 is 0 Å². The Morgan fingerprint density at radius 2 is 2.25 bits per heavy atom. The van der Waals surface area contributed by atoms with E-state index < -0.39 is 0 Å². The fourth-order valence-electron chi connectivity index (χ4n) is 1.26. The highest BCUT2D eigenvalue weighted by Gasteiger charge is 2.06. The zero-order valence-electron chi connectivity index (χ0n) is 7.70. The van der Waals surface area contributed by atoms with E-state index in [0.717, 1.165) is 11.4 Å². The fourth-order valence-corrected chi connectivity index (χ4v) is 1.26. The van der Waals surface area contributed by atoms with Crippen LogP contribution in [0.1, 0.15) is 11.1 Å². The summed E-state index contributed by atoms with van der Waals surface area (Å²) in [4.78, 5) is 0. The molecule has 3 nitrogen and oxygen atoms in total. The largest absolute Gasteiger partial charge is 0.334 e. The average molecular weight is 163 g/mol. The minimum atomic E-state index is 0.866. The van der Waals surface area contributed by atoms with Crippen molar-refractivity contribution in [2.75, 3.05) is 7.05 Å². The highest BCUT2D eigenvalue weighted by molar-refractivity contribution is 5.63. The van der Waals surface area contributed by atoms with Gasteiger partial charge >= 0.3 is 0 Å².